The van der Waals surface area contributed by atoms with Crippen LogP contribution in [0.4, 0.5) is 0 Å². The molecule has 0 bridgehead atoms. The molecule has 0 unspecified atom stereocenters. The van der Waals surface area contributed by atoms with Crippen LogP contribution in [-0.2, 0) is 25.5 Å². The van der Waals surface area contributed by atoms with E-state index in [0.29, 0.717) is 31.1 Å². The molecule has 2 aromatic rings. The van der Waals surface area contributed by atoms with E-state index in [1.165, 1.54) is 6.26 Å². The largest absolute Gasteiger partial charge is 0.493 e. The zero-order valence-electron chi connectivity index (χ0n) is 16.9. The Hall–Kier alpha value is -3.42. The first kappa shape index (κ1) is 19.9. The Morgan fingerprint density at radius 2 is 1.93 bits per heavy atom. The van der Waals surface area contributed by atoms with Gasteiger partial charge in [0.25, 0.3) is 0 Å². The van der Waals surface area contributed by atoms with Gasteiger partial charge in [0, 0.05) is 17.0 Å². The van der Waals surface area contributed by atoms with Crippen LogP contribution in [0.15, 0.2) is 42.4 Å². The number of hydrogen-bond acceptors (Lipinski definition) is 7. The quantitative estimate of drug-likeness (QED) is 0.531. The van der Waals surface area contributed by atoms with Crippen molar-refractivity contribution in [3.05, 3.63) is 59.3 Å². The van der Waals surface area contributed by atoms with Crippen molar-refractivity contribution in [1.82, 2.24) is 4.57 Å². The van der Waals surface area contributed by atoms with Crippen LogP contribution in [0.5, 0.6) is 11.5 Å². The summed E-state index contributed by atoms with van der Waals surface area (Å²) < 4.78 is 29.1. The Balaban J connectivity index is 1.40. The van der Waals surface area contributed by atoms with Crippen LogP contribution in [0.3, 0.4) is 0 Å². The molecule has 30 heavy (non-hydrogen) atoms. The molecular weight excluding hydrogens is 390 g/mol. The lowest BCUT2D eigenvalue weighted by Crippen LogP contribution is -2.33. The van der Waals surface area contributed by atoms with Gasteiger partial charge < -0.3 is 28.3 Å². The topological polar surface area (TPSA) is 85.2 Å². The first-order valence-electron chi connectivity index (χ1n) is 9.73. The summed E-state index contributed by atoms with van der Waals surface area (Å²) in [6.45, 7) is 5.02. The molecular formula is C22H23NO7. The summed E-state index contributed by atoms with van der Waals surface area (Å²) in [6, 6.07) is 9.34. The molecule has 0 aliphatic carbocycles. The van der Waals surface area contributed by atoms with Gasteiger partial charge in [0.05, 0.1) is 6.54 Å². The summed E-state index contributed by atoms with van der Waals surface area (Å²) in [5, 5.41) is 0. The minimum Gasteiger partial charge on any atom is -0.493 e. The van der Waals surface area contributed by atoms with Gasteiger partial charge in [-0.25, -0.2) is 4.79 Å². The zero-order valence-corrected chi connectivity index (χ0v) is 16.9. The van der Waals surface area contributed by atoms with Crippen molar-refractivity contribution in [2.75, 3.05) is 26.4 Å². The number of aromatic nitrogens is 1. The third-order valence-corrected chi connectivity index (χ3v) is 5.01. The highest BCUT2D eigenvalue weighted by Gasteiger charge is 2.25. The Kier molecular flexibility index (Phi) is 5.65. The maximum atomic E-state index is 12.6. The third-order valence-electron chi connectivity index (χ3n) is 5.01. The predicted molar refractivity (Wildman–Crippen MR) is 106 cm³/mol. The molecule has 8 heteroatoms. The molecule has 1 aromatic heterocycles. The smallest absolute Gasteiger partial charge is 0.377 e. The summed E-state index contributed by atoms with van der Waals surface area (Å²) >= 11 is 0. The summed E-state index contributed by atoms with van der Waals surface area (Å²) in [6.07, 6.45) is 1.02. The fourth-order valence-corrected chi connectivity index (χ4v) is 3.48. The molecule has 3 heterocycles. The molecule has 0 saturated carbocycles. The molecule has 0 fully saturated rings. The number of Topliss-reactive ketones (excluding diaryl/α,β-unsaturated/α-hetero) is 1. The standard InChI is InChI=1S/C22H23NO7/c1-14-9-17(18(24)12-29-22(25)21-13-26-7-8-27-21)15(2)23(14)10-16-11-28-19-5-3-4-6-20(19)30-16/h3-6,9,13,16H,7-8,10-12H2,1-2H3/t16-/m0/s1. The van der Waals surface area contributed by atoms with E-state index in [4.69, 9.17) is 23.7 Å². The number of hydrogen-bond donors (Lipinski definition) is 0. The maximum absolute atomic E-state index is 12.6. The van der Waals surface area contributed by atoms with Crippen LogP contribution in [0.25, 0.3) is 0 Å². The van der Waals surface area contributed by atoms with E-state index in [0.717, 1.165) is 17.1 Å². The molecule has 0 saturated heterocycles. The lowest BCUT2D eigenvalue weighted by Gasteiger charge is -2.27. The number of carbonyl (C=O) groups excluding carboxylic acids is 2. The van der Waals surface area contributed by atoms with E-state index in [1.807, 2.05) is 42.7 Å². The van der Waals surface area contributed by atoms with E-state index in [1.54, 1.807) is 6.07 Å². The number of benzene rings is 1. The summed E-state index contributed by atoms with van der Waals surface area (Å²) in [4.78, 5) is 24.6. The van der Waals surface area contributed by atoms with Crippen LogP contribution in [-0.4, -0.2) is 48.9 Å². The first-order chi connectivity index (χ1) is 14.5. The number of nitrogens with zero attached hydrogens (tertiary/aromatic N) is 1. The van der Waals surface area contributed by atoms with Crippen LogP contribution in [0.2, 0.25) is 0 Å². The Bertz CT molecular complexity index is 991. The second kappa shape index (κ2) is 8.52. The van der Waals surface area contributed by atoms with Crippen molar-refractivity contribution in [1.29, 1.82) is 0 Å². The lowest BCUT2D eigenvalue weighted by atomic mass is 10.1. The molecule has 0 N–H and O–H groups in total. The van der Waals surface area contributed by atoms with Gasteiger partial charge >= 0.3 is 5.97 Å². The number of rotatable bonds is 6. The molecule has 1 aromatic carbocycles. The number of esters is 1. The van der Waals surface area contributed by atoms with Crippen LogP contribution >= 0.6 is 0 Å². The number of carbonyl (C=O) groups is 2. The van der Waals surface area contributed by atoms with E-state index in [9.17, 15) is 9.59 Å². The number of aryl methyl sites for hydroxylation is 1. The highest BCUT2D eigenvalue weighted by molar-refractivity contribution is 6.00. The number of fused-ring (bicyclic) bond motifs is 1. The average Bonchev–Trinajstić information content (AvgIpc) is 3.06. The lowest BCUT2D eigenvalue weighted by molar-refractivity contribution is -0.143. The number of para-hydroxylation sites is 2. The molecule has 0 spiro atoms. The molecule has 1 atom stereocenters. The second-order valence-electron chi connectivity index (χ2n) is 7.09. The normalized spacial score (nSPS) is 17.4. The minimum atomic E-state index is -0.719. The molecule has 2 aliphatic heterocycles. The Labute approximate surface area is 173 Å². The van der Waals surface area contributed by atoms with Crippen molar-refractivity contribution in [2.45, 2.75) is 26.5 Å². The third kappa shape index (κ3) is 4.12. The van der Waals surface area contributed by atoms with Crippen molar-refractivity contribution in [3.8, 4) is 11.5 Å². The van der Waals surface area contributed by atoms with Gasteiger partial charge in [0.2, 0.25) is 11.5 Å². The fraction of sp³-hybridized carbons (Fsp3) is 0.364. The minimum absolute atomic E-state index is 0.0331. The first-order valence-corrected chi connectivity index (χ1v) is 9.73. The second-order valence-corrected chi connectivity index (χ2v) is 7.09. The Morgan fingerprint density at radius 3 is 2.70 bits per heavy atom. The maximum Gasteiger partial charge on any atom is 0.377 e. The molecule has 2 aliphatic rings. The SMILES string of the molecule is Cc1cc(C(=O)COC(=O)C2=COCCO2)c(C)n1C[C@H]1COc2ccccc2O1. The number of ketones is 1. The van der Waals surface area contributed by atoms with Gasteiger partial charge in [-0.05, 0) is 32.0 Å². The van der Waals surface area contributed by atoms with Gasteiger partial charge in [-0.2, -0.15) is 0 Å². The summed E-state index contributed by atoms with van der Waals surface area (Å²) in [5.41, 5.74) is 2.20. The van der Waals surface area contributed by atoms with Crippen molar-refractivity contribution in [3.63, 3.8) is 0 Å². The van der Waals surface area contributed by atoms with E-state index < -0.39 is 5.97 Å². The van der Waals surface area contributed by atoms with Gasteiger partial charge in [-0.1, -0.05) is 12.1 Å². The molecule has 0 amide bonds. The summed E-state index contributed by atoms with van der Waals surface area (Å²) in [5.74, 6) is 0.404. The highest BCUT2D eigenvalue weighted by atomic mass is 16.6. The number of ether oxygens (including phenoxy) is 5. The fourth-order valence-electron chi connectivity index (χ4n) is 3.48. The molecule has 0 radical (unpaired) electrons. The molecule has 8 nitrogen and oxygen atoms in total. The highest BCUT2D eigenvalue weighted by Crippen LogP contribution is 2.31. The molecule has 4 rings (SSSR count). The summed E-state index contributed by atoms with van der Waals surface area (Å²) in [7, 11) is 0. The van der Waals surface area contributed by atoms with Gasteiger partial charge in [0.15, 0.2) is 24.2 Å². The van der Waals surface area contributed by atoms with Gasteiger partial charge in [-0.3, -0.25) is 4.79 Å². The van der Waals surface area contributed by atoms with Crippen molar-refractivity contribution in [2.24, 2.45) is 0 Å². The van der Waals surface area contributed by atoms with E-state index in [-0.39, 0.29) is 30.9 Å². The van der Waals surface area contributed by atoms with Crippen LogP contribution in [0.1, 0.15) is 21.7 Å². The van der Waals surface area contributed by atoms with E-state index >= 15 is 0 Å². The van der Waals surface area contributed by atoms with Crippen molar-refractivity contribution >= 4 is 11.8 Å². The Morgan fingerprint density at radius 1 is 1.13 bits per heavy atom. The zero-order chi connectivity index (χ0) is 21.1. The predicted octanol–water partition coefficient (Wildman–Crippen LogP) is 2.56. The average molecular weight is 413 g/mol. The van der Waals surface area contributed by atoms with Gasteiger partial charge in [0.1, 0.15) is 26.1 Å². The van der Waals surface area contributed by atoms with Crippen molar-refractivity contribution < 1.29 is 33.3 Å². The van der Waals surface area contributed by atoms with E-state index in [2.05, 4.69) is 0 Å². The van der Waals surface area contributed by atoms with Gasteiger partial charge in [-0.15, -0.1) is 0 Å². The van der Waals surface area contributed by atoms with Crippen LogP contribution in [0, 0.1) is 13.8 Å². The molecule has 158 valence electrons. The van der Waals surface area contributed by atoms with Crippen LogP contribution < -0.4 is 9.47 Å². The monoisotopic (exact) mass is 413 g/mol.